The average Bonchev–Trinajstić information content (AvgIpc) is 2.96. The molecule has 2 aromatic carbocycles. The molecule has 0 radical (unpaired) electrons. The SMILES string of the molecule is CC(=O)c1cccc(Nc2nc(-c3cccc(Cl)c3)cs2)c1. The van der Waals surface area contributed by atoms with E-state index in [1.807, 2.05) is 47.8 Å². The molecule has 0 bridgehead atoms. The van der Waals surface area contributed by atoms with E-state index in [2.05, 4.69) is 10.3 Å². The van der Waals surface area contributed by atoms with Crippen LogP contribution in [0, 0.1) is 0 Å². The van der Waals surface area contributed by atoms with E-state index < -0.39 is 0 Å². The van der Waals surface area contributed by atoms with Crippen LogP contribution in [0.1, 0.15) is 17.3 Å². The van der Waals surface area contributed by atoms with Crippen LogP contribution < -0.4 is 5.32 Å². The maximum Gasteiger partial charge on any atom is 0.187 e. The number of hydrogen-bond donors (Lipinski definition) is 1. The second-order valence-corrected chi connectivity index (χ2v) is 6.10. The maximum atomic E-state index is 11.4. The second kappa shape index (κ2) is 6.30. The highest BCUT2D eigenvalue weighted by atomic mass is 35.5. The van der Waals surface area contributed by atoms with Gasteiger partial charge in [-0.1, -0.05) is 35.9 Å². The Balaban J connectivity index is 1.83. The van der Waals surface area contributed by atoms with Gasteiger partial charge in [0, 0.05) is 27.2 Å². The third-order valence-corrected chi connectivity index (χ3v) is 4.14. The van der Waals surface area contributed by atoms with Gasteiger partial charge in [-0.2, -0.15) is 0 Å². The monoisotopic (exact) mass is 328 g/mol. The van der Waals surface area contributed by atoms with E-state index >= 15 is 0 Å². The van der Waals surface area contributed by atoms with Crippen molar-refractivity contribution >= 4 is 39.5 Å². The molecular weight excluding hydrogens is 316 g/mol. The number of benzene rings is 2. The molecule has 0 saturated carbocycles. The zero-order valence-corrected chi connectivity index (χ0v) is 13.4. The summed E-state index contributed by atoms with van der Waals surface area (Å²) < 4.78 is 0. The predicted octanol–water partition coefficient (Wildman–Crippen LogP) is 5.41. The van der Waals surface area contributed by atoms with Gasteiger partial charge >= 0.3 is 0 Å². The summed E-state index contributed by atoms with van der Waals surface area (Å²) in [4.78, 5) is 16.0. The van der Waals surface area contributed by atoms with Gasteiger partial charge in [0.15, 0.2) is 10.9 Å². The van der Waals surface area contributed by atoms with Crippen LogP contribution in [0.25, 0.3) is 11.3 Å². The van der Waals surface area contributed by atoms with Crippen molar-refractivity contribution in [2.24, 2.45) is 0 Å². The van der Waals surface area contributed by atoms with Crippen molar-refractivity contribution in [2.45, 2.75) is 6.92 Å². The number of anilines is 2. The minimum atomic E-state index is 0.0439. The molecule has 0 aliphatic rings. The molecule has 3 aromatic rings. The van der Waals surface area contributed by atoms with Crippen LogP contribution in [-0.4, -0.2) is 10.8 Å². The molecule has 22 heavy (non-hydrogen) atoms. The fourth-order valence-electron chi connectivity index (χ4n) is 2.05. The Morgan fingerprint density at radius 3 is 2.77 bits per heavy atom. The Labute approximate surface area is 137 Å². The smallest absolute Gasteiger partial charge is 0.187 e. The van der Waals surface area contributed by atoms with E-state index in [0.717, 1.165) is 22.1 Å². The number of carbonyl (C=O) groups excluding carboxylic acids is 1. The van der Waals surface area contributed by atoms with Gasteiger partial charge in [-0.3, -0.25) is 4.79 Å². The summed E-state index contributed by atoms with van der Waals surface area (Å²) in [6.07, 6.45) is 0. The standard InChI is InChI=1S/C17H13ClN2OS/c1-11(21)12-4-3-7-15(9-12)19-17-20-16(10-22-17)13-5-2-6-14(18)8-13/h2-10H,1H3,(H,19,20). The molecule has 3 nitrogen and oxygen atoms in total. The van der Waals surface area contributed by atoms with Crippen molar-refractivity contribution in [3.05, 3.63) is 64.5 Å². The highest BCUT2D eigenvalue weighted by Crippen LogP contribution is 2.28. The summed E-state index contributed by atoms with van der Waals surface area (Å²) in [7, 11) is 0. The number of nitrogens with one attached hydrogen (secondary N) is 1. The zero-order chi connectivity index (χ0) is 15.5. The van der Waals surface area contributed by atoms with Crippen molar-refractivity contribution in [3.8, 4) is 11.3 Å². The van der Waals surface area contributed by atoms with Crippen molar-refractivity contribution in [3.63, 3.8) is 0 Å². The Hall–Kier alpha value is -2.17. The number of aromatic nitrogens is 1. The number of rotatable bonds is 4. The third-order valence-electron chi connectivity index (χ3n) is 3.14. The fourth-order valence-corrected chi connectivity index (χ4v) is 2.98. The van der Waals surface area contributed by atoms with E-state index in [9.17, 15) is 4.79 Å². The van der Waals surface area contributed by atoms with Crippen molar-refractivity contribution in [2.75, 3.05) is 5.32 Å². The van der Waals surface area contributed by atoms with Crippen LogP contribution in [0.4, 0.5) is 10.8 Å². The molecular formula is C17H13ClN2OS. The Morgan fingerprint density at radius 2 is 2.00 bits per heavy atom. The lowest BCUT2D eigenvalue weighted by molar-refractivity contribution is 0.101. The van der Waals surface area contributed by atoms with Gasteiger partial charge < -0.3 is 5.32 Å². The Kier molecular flexibility index (Phi) is 4.22. The van der Waals surface area contributed by atoms with Gasteiger partial charge in [-0.25, -0.2) is 4.98 Å². The van der Waals surface area contributed by atoms with Crippen LogP contribution in [0.15, 0.2) is 53.9 Å². The average molecular weight is 329 g/mol. The first-order chi connectivity index (χ1) is 10.6. The van der Waals surface area contributed by atoms with E-state index in [0.29, 0.717) is 10.6 Å². The number of hydrogen-bond acceptors (Lipinski definition) is 4. The lowest BCUT2D eigenvalue weighted by Crippen LogP contribution is -1.95. The first kappa shape index (κ1) is 14.8. The molecule has 5 heteroatoms. The van der Waals surface area contributed by atoms with Gasteiger partial charge in [0.1, 0.15) is 0 Å². The van der Waals surface area contributed by atoms with E-state index in [-0.39, 0.29) is 5.78 Å². The van der Waals surface area contributed by atoms with Crippen molar-refractivity contribution < 1.29 is 4.79 Å². The molecule has 0 fully saturated rings. The number of nitrogens with zero attached hydrogens (tertiary/aromatic N) is 1. The first-order valence-electron chi connectivity index (χ1n) is 6.71. The predicted molar refractivity (Wildman–Crippen MR) is 92.3 cm³/mol. The van der Waals surface area contributed by atoms with E-state index in [4.69, 9.17) is 11.6 Å². The molecule has 1 aromatic heterocycles. The molecule has 0 spiro atoms. The topological polar surface area (TPSA) is 42.0 Å². The number of ketones is 1. The lowest BCUT2D eigenvalue weighted by atomic mass is 10.1. The zero-order valence-electron chi connectivity index (χ0n) is 11.8. The van der Waals surface area contributed by atoms with Crippen molar-refractivity contribution in [1.82, 2.24) is 4.98 Å². The van der Waals surface area contributed by atoms with Crippen LogP contribution in [0.2, 0.25) is 5.02 Å². The second-order valence-electron chi connectivity index (χ2n) is 4.81. The van der Waals surface area contributed by atoms with Crippen LogP contribution >= 0.6 is 22.9 Å². The molecule has 0 unspecified atom stereocenters. The molecule has 110 valence electrons. The van der Waals surface area contributed by atoms with Gasteiger partial charge in [-0.05, 0) is 31.2 Å². The minimum absolute atomic E-state index is 0.0439. The summed E-state index contributed by atoms with van der Waals surface area (Å²) in [6, 6.07) is 15.0. The normalized spacial score (nSPS) is 10.5. The molecule has 1 heterocycles. The summed E-state index contributed by atoms with van der Waals surface area (Å²) in [5.41, 5.74) is 3.38. The summed E-state index contributed by atoms with van der Waals surface area (Å²) >= 11 is 7.52. The Morgan fingerprint density at radius 1 is 1.18 bits per heavy atom. The number of carbonyl (C=O) groups is 1. The number of Topliss-reactive ketones (excluding diaryl/α,β-unsaturated/α-hetero) is 1. The minimum Gasteiger partial charge on any atom is -0.332 e. The van der Waals surface area contributed by atoms with Gasteiger partial charge in [0.05, 0.1) is 5.69 Å². The molecule has 0 amide bonds. The maximum absolute atomic E-state index is 11.4. The highest BCUT2D eigenvalue weighted by Gasteiger charge is 2.06. The number of thiazole rings is 1. The molecule has 1 N–H and O–H groups in total. The Bertz CT molecular complexity index is 829. The first-order valence-corrected chi connectivity index (χ1v) is 7.97. The van der Waals surface area contributed by atoms with Crippen molar-refractivity contribution in [1.29, 1.82) is 0 Å². The molecule has 3 rings (SSSR count). The summed E-state index contributed by atoms with van der Waals surface area (Å²) in [5.74, 6) is 0.0439. The summed E-state index contributed by atoms with van der Waals surface area (Å²) in [5, 5.41) is 6.66. The van der Waals surface area contributed by atoms with Gasteiger partial charge in [0.2, 0.25) is 0 Å². The molecule has 0 aliphatic heterocycles. The van der Waals surface area contributed by atoms with E-state index in [1.165, 1.54) is 11.3 Å². The fraction of sp³-hybridized carbons (Fsp3) is 0.0588. The van der Waals surface area contributed by atoms with Crippen LogP contribution in [0.3, 0.4) is 0 Å². The molecule has 0 atom stereocenters. The lowest BCUT2D eigenvalue weighted by Gasteiger charge is -2.04. The molecule has 0 aliphatic carbocycles. The highest BCUT2D eigenvalue weighted by molar-refractivity contribution is 7.14. The van der Waals surface area contributed by atoms with E-state index in [1.54, 1.807) is 13.0 Å². The van der Waals surface area contributed by atoms with Gasteiger partial charge in [-0.15, -0.1) is 11.3 Å². The number of halogens is 1. The van der Waals surface area contributed by atoms with Gasteiger partial charge in [0.25, 0.3) is 0 Å². The van der Waals surface area contributed by atoms with Crippen LogP contribution in [0.5, 0.6) is 0 Å². The van der Waals surface area contributed by atoms with Crippen LogP contribution in [-0.2, 0) is 0 Å². The quantitative estimate of drug-likeness (QED) is 0.651. The largest absolute Gasteiger partial charge is 0.332 e. The summed E-state index contributed by atoms with van der Waals surface area (Å²) in [6.45, 7) is 1.56. The molecule has 0 saturated heterocycles. The third kappa shape index (κ3) is 3.35.